The Hall–Kier alpha value is -3.66. The molecule has 3 heterocycles. The number of anilines is 1. The normalized spacial score (nSPS) is 14.6. The van der Waals surface area contributed by atoms with E-state index in [1.807, 2.05) is 35.2 Å². The number of benzene rings is 2. The van der Waals surface area contributed by atoms with Gasteiger partial charge in [0.2, 0.25) is 5.88 Å². The number of piperazine rings is 1. The van der Waals surface area contributed by atoms with E-state index in [2.05, 4.69) is 20.3 Å². The summed E-state index contributed by atoms with van der Waals surface area (Å²) in [4.78, 5) is 14.3. The van der Waals surface area contributed by atoms with Gasteiger partial charge < -0.3 is 19.7 Å². The van der Waals surface area contributed by atoms with Crippen molar-refractivity contribution in [2.75, 3.05) is 38.2 Å². The molecule has 4 aromatic rings. The standard InChI is InChI=1S/C23H20F3N5O2/c1-32-15-10-14-4-2-3-5-16(14)18(11-15)33-22-20-17(12-19(30-22)23(24,25)26)21(29-13-28-20)31-8-6-27-7-9-31/h2-5,10-13,27H,6-9H2,1H3. The number of hydrogen-bond donors (Lipinski definition) is 1. The number of nitrogens with one attached hydrogen (secondary N) is 1. The topological polar surface area (TPSA) is 72.4 Å². The number of aromatic nitrogens is 3. The number of nitrogens with zero attached hydrogens (tertiary/aromatic N) is 4. The molecule has 10 heteroatoms. The Morgan fingerprint density at radius 1 is 1.00 bits per heavy atom. The van der Waals surface area contributed by atoms with Gasteiger partial charge in [-0.3, -0.25) is 0 Å². The van der Waals surface area contributed by atoms with Crippen LogP contribution in [0.5, 0.6) is 17.4 Å². The van der Waals surface area contributed by atoms with Gasteiger partial charge in [-0.25, -0.2) is 15.0 Å². The Morgan fingerprint density at radius 3 is 2.55 bits per heavy atom. The predicted molar refractivity (Wildman–Crippen MR) is 118 cm³/mol. The fraction of sp³-hybridized carbons (Fsp3) is 0.261. The van der Waals surface area contributed by atoms with Crippen molar-refractivity contribution in [2.45, 2.75) is 6.18 Å². The summed E-state index contributed by atoms with van der Waals surface area (Å²) >= 11 is 0. The van der Waals surface area contributed by atoms with Crippen molar-refractivity contribution >= 4 is 27.5 Å². The molecule has 0 saturated carbocycles. The Bertz CT molecular complexity index is 1320. The minimum atomic E-state index is -4.67. The van der Waals surface area contributed by atoms with Crippen molar-refractivity contribution in [2.24, 2.45) is 0 Å². The number of methoxy groups -OCH3 is 1. The number of ether oxygens (including phenoxy) is 2. The van der Waals surface area contributed by atoms with Crippen LogP contribution < -0.4 is 19.7 Å². The molecule has 0 aliphatic carbocycles. The average Bonchev–Trinajstić information content (AvgIpc) is 2.83. The van der Waals surface area contributed by atoms with E-state index in [9.17, 15) is 13.2 Å². The van der Waals surface area contributed by atoms with Crippen LogP contribution in [-0.2, 0) is 6.18 Å². The summed E-state index contributed by atoms with van der Waals surface area (Å²) in [5, 5.41) is 4.99. The summed E-state index contributed by atoms with van der Waals surface area (Å²) in [5.74, 6) is 1.02. The Balaban J connectivity index is 1.71. The van der Waals surface area contributed by atoms with Gasteiger partial charge in [-0.15, -0.1) is 0 Å². The predicted octanol–water partition coefficient (Wildman–Crippen LogP) is 4.41. The second-order valence-electron chi connectivity index (χ2n) is 7.59. The van der Waals surface area contributed by atoms with E-state index in [1.54, 1.807) is 6.07 Å². The molecule has 0 radical (unpaired) electrons. The molecule has 0 atom stereocenters. The molecule has 170 valence electrons. The number of alkyl halides is 3. The van der Waals surface area contributed by atoms with Crippen LogP contribution in [0.25, 0.3) is 21.7 Å². The van der Waals surface area contributed by atoms with Crippen molar-refractivity contribution in [3.8, 4) is 17.4 Å². The zero-order valence-electron chi connectivity index (χ0n) is 17.7. The van der Waals surface area contributed by atoms with E-state index >= 15 is 0 Å². The summed E-state index contributed by atoms with van der Waals surface area (Å²) in [6, 6.07) is 11.8. The first-order chi connectivity index (χ1) is 15.9. The van der Waals surface area contributed by atoms with E-state index in [-0.39, 0.29) is 16.8 Å². The summed E-state index contributed by atoms with van der Waals surface area (Å²) < 4.78 is 52.7. The van der Waals surface area contributed by atoms with Crippen LogP contribution in [0, 0.1) is 0 Å². The maximum absolute atomic E-state index is 13.8. The summed E-state index contributed by atoms with van der Waals surface area (Å²) in [6.45, 7) is 2.66. The van der Waals surface area contributed by atoms with Crippen LogP contribution >= 0.6 is 0 Å². The molecule has 1 saturated heterocycles. The molecule has 1 aliphatic rings. The highest BCUT2D eigenvalue weighted by atomic mass is 19.4. The van der Waals surface area contributed by atoms with Crippen molar-refractivity contribution in [1.82, 2.24) is 20.3 Å². The van der Waals surface area contributed by atoms with Gasteiger partial charge in [0.15, 0.2) is 0 Å². The monoisotopic (exact) mass is 455 g/mol. The van der Waals surface area contributed by atoms with Crippen molar-refractivity contribution < 1.29 is 22.6 Å². The zero-order chi connectivity index (χ0) is 23.0. The van der Waals surface area contributed by atoms with Gasteiger partial charge in [-0.2, -0.15) is 13.2 Å². The third kappa shape index (κ3) is 4.09. The van der Waals surface area contributed by atoms with Crippen LogP contribution in [0.4, 0.5) is 19.0 Å². The van der Waals surface area contributed by atoms with Gasteiger partial charge in [0.25, 0.3) is 0 Å². The number of pyridine rings is 1. The van der Waals surface area contributed by atoms with Gasteiger partial charge in [0.05, 0.1) is 12.5 Å². The first kappa shape index (κ1) is 21.2. The number of fused-ring (bicyclic) bond motifs is 2. The van der Waals surface area contributed by atoms with Crippen LogP contribution in [-0.4, -0.2) is 48.2 Å². The Kier molecular flexibility index (Phi) is 5.37. The van der Waals surface area contributed by atoms with Gasteiger partial charge in [-0.1, -0.05) is 24.3 Å². The number of hydrogen-bond acceptors (Lipinski definition) is 7. The third-order valence-corrected chi connectivity index (χ3v) is 5.52. The second-order valence-corrected chi connectivity index (χ2v) is 7.59. The van der Waals surface area contributed by atoms with E-state index < -0.39 is 11.9 Å². The lowest BCUT2D eigenvalue weighted by Crippen LogP contribution is -2.44. The lowest BCUT2D eigenvalue weighted by Gasteiger charge is -2.29. The molecule has 0 spiro atoms. The maximum atomic E-state index is 13.8. The molecule has 1 aliphatic heterocycles. The molecule has 5 rings (SSSR count). The molecular formula is C23H20F3N5O2. The van der Waals surface area contributed by atoms with E-state index in [4.69, 9.17) is 9.47 Å². The third-order valence-electron chi connectivity index (χ3n) is 5.52. The first-order valence-electron chi connectivity index (χ1n) is 10.4. The van der Waals surface area contributed by atoms with Gasteiger partial charge in [0, 0.05) is 37.6 Å². The molecule has 33 heavy (non-hydrogen) atoms. The number of halogens is 3. The minimum absolute atomic E-state index is 0.207. The van der Waals surface area contributed by atoms with Crippen LogP contribution in [0.2, 0.25) is 0 Å². The Labute approximate surface area is 187 Å². The van der Waals surface area contributed by atoms with E-state index in [0.717, 1.165) is 11.5 Å². The van der Waals surface area contributed by atoms with Crippen molar-refractivity contribution in [3.63, 3.8) is 0 Å². The van der Waals surface area contributed by atoms with Gasteiger partial charge in [-0.05, 0) is 17.5 Å². The minimum Gasteiger partial charge on any atom is -0.497 e. The summed E-state index contributed by atoms with van der Waals surface area (Å²) in [6.07, 6.45) is -3.34. The molecule has 1 fully saturated rings. The molecule has 2 aromatic carbocycles. The van der Waals surface area contributed by atoms with Crippen molar-refractivity contribution in [3.05, 3.63) is 54.5 Å². The molecule has 0 amide bonds. The smallest absolute Gasteiger partial charge is 0.433 e. The fourth-order valence-electron chi connectivity index (χ4n) is 3.92. The van der Waals surface area contributed by atoms with Gasteiger partial charge >= 0.3 is 6.18 Å². The highest BCUT2D eigenvalue weighted by Gasteiger charge is 2.35. The summed E-state index contributed by atoms with van der Waals surface area (Å²) in [7, 11) is 1.51. The van der Waals surface area contributed by atoms with E-state index in [1.165, 1.54) is 13.4 Å². The molecule has 0 bridgehead atoms. The average molecular weight is 455 g/mol. The molecule has 2 aromatic heterocycles. The lowest BCUT2D eigenvalue weighted by molar-refractivity contribution is -0.141. The molecule has 7 nitrogen and oxygen atoms in total. The highest BCUT2D eigenvalue weighted by molar-refractivity contribution is 5.94. The van der Waals surface area contributed by atoms with Crippen LogP contribution in [0.3, 0.4) is 0 Å². The molecule has 0 unspecified atom stereocenters. The fourth-order valence-corrected chi connectivity index (χ4v) is 3.92. The second kappa shape index (κ2) is 8.36. The number of rotatable bonds is 4. The largest absolute Gasteiger partial charge is 0.497 e. The molecule has 1 N–H and O–H groups in total. The lowest BCUT2D eigenvalue weighted by atomic mass is 10.1. The Morgan fingerprint density at radius 2 is 1.79 bits per heavy atom. The first-order valence-corrected chi connectivity index (χ1v) is 10.4. The van der Waals surface area contributed by atoms with Crippen LogP contribution in [0.1, 0.15) is 5.69 Å². The molecular weight excluding hydrogens is 435 g/mol. The SMILES string of the molecule is COc1cc(Oc2nc(C(F)(F)F)cc3c(N4CCNCC4)ncnc23)c2ccccc2c1. The van der Waals surface area contributed by atoms with Crippen LogP contribution in [0.15, 0.2) is 48.8 Å². The zero-order valence-corrected chi connectivity index (χ0v) is 17.7. The van der Waals surface area contributed by atoms with Gasteiger partial charge in [0.1, 0.15) is 34.9 Å². The highest BCUT2D eigenvalue weighted by Crippen LogP contribution is 2.39. The quantitative estimate of drug-likeness (QED) is 0.489. The van der Waals surface area contributed by atoms with E-state index in [0.29, 0.717) is 48.9 Å². The maximum Gasteiger partial charge on any atom is 0.433 e. The summed E-state index contributed by atoms with van der Waals surface area (Å²) in [5.41, 5.74) is -0.859. The van der Waals surface area contributed by atoms with Crippen molar-refractivity contribution in [1.29, 1.82) is 0 Å².